The van der Waals surface area contributed by atoms with Crippen LogP contribution in [0, 0.1) is 5.41 Å². The molecule has 0 radical (unpaired) electrons. The zero-order valence-corrected chi connectivity index (χ0v) is 15.5. The second kappa shape index (κ2) is 8.85. The van der Waals surface area contributed by atoms with Gasteiger partial charge in [0.15, 0.2) is 0 Å². The van der Waals surface area contributed by atoms with Gasteiger partial charge in [-0.25, -0.2) is 0 Å². The maximum atomic E-state index is 11.7. The van der Waals surface area contributed by atoms with Crippen LogP contribution in [0.1, 0.15) is 24.5 Å². The Morgan fingerprint density at radius 3 is 1.73 bits per heavy atom. The number of nitrogens with one attached hydrogen (secondary N) is 1. The zero-order valence-electron chi connectivity index (χ0n) is 15.5. The molecule has 0 aliphatic rings. The number of hydrogen-bond acceptors (Lipinski definition) is 5. The normalized spacial score (nSPS) is 11.4. The van der Waals surface area contributed by atoms with Crippen molar-refractivity contribution in [2.45, 2.75) is 13.3 Å². The second-order valence-electron chi connectivity index (χ2n) is 5.74. The van der Waals surface area contributed by atoms with E-state index in [1.165, 1.54) is 7.11 Å². The first-order valence-corrected chi connectivity index (χ1v) is 8.14. The van der Waals surface area contributed by atoms with Gasteiger partial charge in [0.05, 0.1) is 33.5 Å². The number of allylic oxidation sites excluding steroid dienone is 1. The summed E-state index contributed by atoms with van der Waals surface area (Å²) in [6.45, 7) is 1.84. The van der Waals surface area contributed by atoms with Crippen LogP contribution >= 0.6 is 0 Å². The Bertz CT molecular complexity index is 805. The van der Waals surface area contributed by atoms with Crippen molar-refractivity contribution in [3.05, 3.63) is 65.2 Å². The fourth-order valence-corrected chi connectivity index (χ4v) is 2.64. The van der Waals surface area contributed by atoms with Crippen LogP contribution < -0.4 is 9.47 Å². The summed E-state index contributed by atoms with van der Waals surface area (Å²) in [5.41, 5.74) is 3.37. The summed E-state index contributed by atoms with van der Waals surface area (Å²) in [6.07, 6.45) is 0.121. The molecule has 0 bridgehead atoms. The lowest BCUT2D eigenvalue weighted by Crippen LogP contribution is -2.09. The zero-order chi connectivity index (χ0) is 19.1. The van der Waals surface area contributed by atoms with E-state index in [1.807, 2.05) is 55.5 Å². The van der Waals surface area contributed by atoms with Gasteiger partial charge in [-0.1, -0.05) is 17.7 Å². The number of esters is 1. The topological polar surface area (TPSA) is 68.6 Å². The Hall–Kier alpha value is -3.08. The SMILES string of the molecule is COC(=O)C/C(C)=C(/C(=N)c1ccc(OC)cc1)c1ccc(OC)cc1. The van der Waals surface area contributed by atoms with Crippen molar-refractivity contribution in [3.8, 4) is 11.5 Å². The van der Waals surface area contributed by atoms with E-state index in [4.69, 9.17) is 19.6 Å². The average molecular weight is 353 g/mol. The smallest absolute Gasteiger partial charge is 0.309 e. The van der Waals surface area contributed by atoms with Gasteiger partial charge in [-0.3, -0.25) is 10.2 Å². The van der Waals surface area contributed by atoms with E-state index < -0.39 is 0 Å². The number of methoxy groups -OCH3 is 3. The number of rotatable bonds is 7. The molecule has 0 fully saturated rings. The molecule has 0 spiro atoms. The predicted molar refractivity (Wildman–Crippen MR) is 102 cm³/mol. The number of benzene rings is 2. The summed E-state index contributed by atoms with van der Waals surface area (Å²) in [6, 6.07) is 14.7. The van der Waals surface area contributed by atoms with E-state index >= 15 is 0 Å². The summed E-state index contributed by atoms with van der Waals surface area (Å²) >= 11 is 0. The number of carbonyl (C=O) groups is 1. The molecule has 2 rings (SSSR count). The summed E-state index contributed by atoms with van der Waals surface area (Å²) in [5, 5.41) is 8.70. The molecular formula is C21H23NO4. The molecule has 1 N–H and O–H groups in total. The Morgan fingerprint density at radius 1 is 0.846 bits per heavy atom. The monoisotopic (exact) mass is 353 g/mol. The molecule has 0 unspecified atom stereocenters. The lowest BCUT2D eigenvalue weighted by Gasteiger charge is -2.15. The highest BCUT2D eigenvalue weighted by Crippen LogP contribution is 2.27. The summed E-state index contributed by atoms with van der Waals surface area (Å²) in [4.78, 5) is 11.7. The summed E-state index contributed by atoms with van der Waals surface area (Å²) in [5.74, 6) is 1.12. The van der Waals surface area contributed by atoms with Crippen LogP contribution in [-0.4, -0.2) is 33.0 Å². The minimum absolute atomic E-state index is 0.121. The number of hydrogen-bond donors (Lipinski definition) is 1. The van der Waals surface area contributed by atoms with Crippen molar-refractivity contribution in [2.75, 3.05) is 21.3 Å². The van der Waals surface area contributed by atoms with Crippen LogP contribution in [0.25, 0.3) is 5.57 Å². The van der Waals surface area contributed by atoms with Crippen molar-refractivity contribution < 1.29 is 19.0 Å². The molecule has 5 nitrogen and oxygen atoms in total. The van der Waals surface area contributed by atoms with E-state index in [2.05, 4.69) is 0 Å². The van der Waals surface area contributed by atoms with Crippen molar-refractivity contribution in [1.29, 1.82) is 5.41 Å². The first-order valence-electron chi connectivity index (χ1n) is 8.14. The largest absolute Gasteiger partial charge is 0.497 e. The molecule has 0 aliphatic carbocycles. The molecule has 0 aromatic heterocycles. The van der Waals surface area contributed by atoms with Gasteiger partial charge in [0.25, 0.3) is 0 Å². The molecule has 0 atom stereocenters. The fraction of sp³-hybridized carbons (Fsp3) is 0.238. The predicted octanol–water partition coefficient (Wildman–Crippen LogP) is 4.11. The Morgan fingerprint density at radius 2 is 1.31 bits per heavy atom. The van der Waals surface area contributed by atoms with E-state index in [-0.39, 0.29) is 12.4 Å². The van der Waals surface area contributed by atoms with Gasteiger partial charge in [-0.15, -0.1) is 0 Å². The van der Waals surface area contributed by atoms with Crippen molar-refractivity contribution in [2.24, 2.45) is 0 Å². The van der Waals surface area contributed by atoms with Gasteiger partial charge in [-0.05, 0) is 48.9 Å². The standard InChI is InChI=1S/C21H23NO4/c1-14(13-19(23)26-4)20(15-5-9-17(24-2)10-6-15)21(22)16-7-11-18(25-3)12-8-16/h5-12,22H,13H2,1-4H3/b20-14+,22-21?. The second-order valence-corrected chi connectivity index (χ2v) is 5.74. The van der Waals surface area contributed by atoms with Gasteiger partial charge in [0.1, 0.15) is 11.5 Å². The van der Waals surface area contributed by atoms with E-state index in [0.29, 0.717) is 11.3 Å². The molecule has 2 aromatic rings. The summed E-state index contributed by atoms with van der Waals surface area (Å²) < 4.78 is 15.2. The van der Waals surface area contributed by atoms with Crippen LogP contribution in [-0.2, 0) is 9.53 Å². The van der Waals surface area contributed by atoms with Gasteiger partial charge in [0, 0.05) is 11.1 Å². The molecule has 136 valence electrons. The highest BCUT2D eigenvalue weighted by Gasteiger charge is 2.16. The number of carbonyl (C=O) groups excluding carboxylic acids is 1. The van der Waals surface area contributed by atoms with Crippen molar-refractivity contribution in [1.82, 2.24) is 0 Å². The Balaban J connectivity index is 2.48. The lowest BCUT2D eigenvalue weighted by atomic mass is 9.91. The molecule has 0 amide bonds. The maximum Gasteiger partial charge on any atom is 0.309 e. The molecular weight excluding hydrogens is 330 g/mol. The lowest BCUT2D eigenvalue weighted by molar-refractivity contribution is -0.139. The first kappa shape index (κ1) is 19.2. The minimum Gasteiger partial charge on any atom is -0.497 e. The van der Waals surface area contributed by atoms with E-state index in [9.17, 15) is 4.79 Å². The van der Waals surface area contributed by atoms with Crippen LogP contribution in [0.15, 0.2) is 54.1 Å². The van der Waals surface area contributed by atoms with Crippen LogP contribution in [0.5, 0.6) is 11.5 Å². The fourth-order valence-electron chi connectivity index (χ4n) is 2.64. The highest BCUT2D eigenvalue weighted by atomic mass is 16.5. The van der Waals surface area contributed by atoms with Crippen molar-refractivity contribution in [3.63, 3.8) is 0 Å². The molecule has 26 heavy (non-hydrogen) atoms. The third-order valence-corrected chi connectivity index (χ3v) is 4.07. The molecule has 5 heteroatoms. The van der Waals surface area contributed by atoms with Crippen molar-refractivity contribution >= 4 is 17.3 Å². The molecule has 0 saturated carbocycles. The Labute approximate surface area is 153 Å². The number of ether oxygens (including phenoxy) is 3. The average Bonchev–Trinajstić information content (AvgIpc) is 2.68. The maximum absolute atomic E-state index is 11.7. The Kier molecular flexibility index (Phi) is 6.55. The van der Waals surface area contributed by atoms with Crippen LogP contribution in [0.3, 0.4) is 0 Å². The van der Waals surface area contributed by atoms with Crippen LogP contribution in [0.2, 0.25) is 0 Å². The van der Waals surface area contributed by atoms with Gasteiger partial charge in [0.2, 0.25) is 0 Å². The van der Waals surface area contributed by atoms with E-state index in [0.717, 1.165) is 28.2 Å². The first-order chi connectivity index (χ1) is 12.5. The van der Waals surface area contributed by atoms with Gasteiger partial charge < -0.3 is 14.2 Å². The molecule has 0 saturated heterocycles. The molecule has 0 aliphatic heterocycles. The molecule has 0 heterocycles. The summed E-state index contributed by atoms with van der Waals surface area (Å²) in [7, 11) is 4.56. The van der Waals surface area contributed by atoms with Gasteiger partial charge >= 0.3 is 5.97 Å². The van der Waals surface area contributed by atoms with Gasteiger partial charge in [-0.2, -0.15) is 0 Å². The highest BCUT2D eigenvalue weighted by molar-refractivity contribution is 6.31. The third kappa shape index (κ3) is 4.51. The quantitative estimate of drug-likeness (QED) is 0.601. The van der Waals surface area contributed by atoms with Crippen LogP contribution in [0.4, 0.5) is 0 Å². The molecule has 2 aromatic carbocycles. The third-order valence-electron chi connectivity index (χ3n) is 4.07. The minimum atomic E-state index is -0.337. The van der Waals surface area contributed by atoms with E-state index in [1.54, 1.807) is 14.2 Å².